The Balaban J connectivity index is 2.48. The van der Waals surface area contributed by atoms with Crippen molar-refractivity contribution in [1.82, 2.24) is 14.8 Å². The van der Waals surface area contributed by atoms with Gasteiger partial charge in [0.15, 0.2) is 0 Å². The van der Waals surface area contributed by atoms with E-state index in [2.05, 4.69) is 26.0 Å². The molecule has 2 rings (SSSR count). The lowest BCUT2D eigenvalue weighted by atomic mass is 10.1. The minimum atomic E-state index is -0.469. The van der Waals surface area contributed by atoms with Crippen LogP contribution in [0.4, 0.5) is 5.69 Å². The number of aromatic nitrogens is 3. The van der Waals surface area contributed by atoms with Crippen LogP contribution in [0.2, 0.25) is 0 Å². The molecule has 106 valence electrons. The van der Waals surface area contributed by atoms with Gasteiger partial charge in [-0.2, -0.15) is 5.10 Å². The molecule has 0 saturated carbocycles. The van der Waals surface area contributed by atoms with Crippen LogP contribution in [0.3, 0.4) is 0 Å². The minimum absolute atomic E-state index is 0.0698. The van der Waals surface area contributed by atoms with E-state index in [1.54, 1.807) is 19.3 Å². The lowest BCUT2D eigenvalue weighted by molar-refractivity contribution is -0.386. The Morgan fingerprint density at radius 2 is 2.15 bits per heavy atom. The molecule has 2 aromatic heterocycles. The largest absolute Gasteiger partial charge is 0.432 e. The summed E-state index contributed by atoms with van der Waals surface area (Å²) in [6.07, 6.45) is 3.08. The quantitative estimate of drug-likeness (QED) is 0.629. The van der Waals surface area contributed by atoms with Crippen molar-refractivity contribution in [2.45, 2.75) is 19.8 Å². The van der Waals surface area contributed by atoms with Gasteiger partial charge in [-0.3, -0.25) is 15.1 Å². The van der Waals surface area contributed by atoms with Crippen molar-refractivity contribution < 1.29 is 9.66 Å². The topological polar surface area (TPSA) is 83.1 Å². The first-order valence-electron chi connectivity index (χ1n) is 5.89. The highest BCUT2D eigenvalue weighted by Gasteiger charge is 2.30. The lowest BCUT2D eigenvalue weighted by Gasteiger charge is -2.05. The van der Waals surface area contributed by atoms with Crippen molar-refractivity contribution in [1.29, 1.82) is 0 Å². The number of hydrogen-bond donors (Lipinski definition) is 0. The van der Waals surface area contributed by atoms with Gasteiger partial charge in [0.05, 0.1) is 11.1 Å². The van der Waals surface area contributed by atoms with Crippen LogP contribution in [0.15, 0.2) is 22.9 Å². The van der Waals surface area contributed by atoms with Gasteiger partial charge in [0.1, 0.15) is 11.4 Å². The molecule has 0 aliphatic carbocycles. The van der Waals surface area contributed by atoms with E-state index >= 15 is 0 Å². The summed E-state index contributed by atoms with van der Waals surface area (Å²) >= 11 is 3.27. The van der Waals surface area contributed by atoms with Gasteiger partial charge in [-0.1, -0.05) is 13.8 Å². The zero-order chi connectivity index (χ0) is 14.9. The van der Waals surface area contributed by atoms with E-state index in [0.29, 0.717) is 11.4 Å². The predicted octanol–water partition coefficient (Wildman–Crippen LogP) is 3.40. The van der Waals surface area contributed by atoms with Crippen LogP contribution in [0, 0.1) is 10.1 Å². The summed E-state index contributed by atoms with van der Waals surface area (Å²) in [7, 11) is 1.61. The predicted molar refractivity (Wildman–Crippen MR) is 76.0 cm³/mol. The van der Waals surface area contributed by atoms with E-state index in [-0.39, 0.29) is 17.5 Å². The maximum absolute atomic E-state index is 11.3. The van der Waals surface area contributed by atoms with E-state index in [4.69, 9.17) is 4.74 Å². The van der Waals surface area contributed by atoms with Gasteiger partial charge < -0.3 is 4.74 Å². The third kappa shape index (κ3) is 2.79. The number of pyridine rings is 1. The highest BCUT2D eigenvalue weighted by atomic mass is 79.9. The molecule has 0 atom stereocenters. The third-order valence-corrected chi connectivity index (χ3v) is 3.05. The van der Waals surface area contributed by atoms with Crippen LogP contribution in [-0.4, -0.2) is 19.7 Å². The van der Waals surface area contributed by atoms with Gasteiger partial charge in [0.2, 0.25) is 0 Å². The molecule has 2 heterocycles. The number of nitrogens with zero attached hydrogens (tertiary/aromatic N) is 4. The summed E-state index contributed by atoms with van der Waals surface area (Å²) in [4.78, 5) is 14.8. The van der Waals surface area contributed by atoms with Crippen LogP contribution in [0.25, 0.3) is 0 Å². The maximum atomic E-state index is 11.3. The average molecular weight is 341 g/mol. The van der Waals surface area contributed by atoms with Gasteiger partial charge in [-0.15, -0.1) is 0 Å². The van der Waals surface area contributed by atoms with Crippen molar-refractivity contribution in [2.75, 3.05) is 0 Å². The fraction of sp³-hybridized carbons (Fsp3) is 0.333. The Bertz CT molecular complexity index is 654. The SMILES string of the molecule is CC(C)c1nn(C)c(Oc2cncc(Br)c2)c1[N+](=O)[O-]. The first-order valence-corrected chi connectivity index (χ1v) is 6.69. The molecule has 0 spiro atoms. The van der Waals surface area contributed by atoms with E-state index in [9.17, 15) is 10.1 Å². The minimum Gasteiger partial charge on any atom is -0.432 e. The van der Waals surface area contributed by atoms with Crippen molar-refractivity contribution in [3.8, 4) is 11.6 Å². The van der Waals surface area contributed by atoms with Crippen LogP contribution in [0.1, 0.15) is 25.5 Å². The van der Waals surface area contributed by atoms with E-state index < -0.39 is 4.92 Å². The summed E-state index contributed by atoms with van der Waals surface area (Å²) < 4.78 is 7.67. The molecule has 0 N–H and O–H groups in total. The number of ether oxygens (including phenoxy) is 1. The number of hydrogen-bond acceptors (Lipinski definition) is 5. The number of rotatable bonds is 4. The normalized spacial score (nSPS) is 10.8. The fourth-order valence-corrected chi connectivity index (χ4v) is 2.10. The van der Waals surface area contributed by atoms with Crippen LogP contribution < -0.4 is 4.74 Å². The zero-order valence-corrected chi connectivity index (χ0v) is 12.8. The molecule has 0 aromatic carbocycles. The highest BCUT2D eigenvalue weighted by Crippen LogP contribution is 2.37. The Morgan fingerprint density at radius 1 is 1.45 bits per heavy atom. The molecule has 0 fully saturated rings. The first-order chi connectivity index (χ1) is 9.40. The third-order valence-electron chi connectivity index (χ3n) is 2.62. The highest BCUT2D eigenvalue weighted by molar-refractivity contribution is 9.10. The molecule has 20 heavy (non-hydrogen) atoms. The van der Waals surface area contributed by atoms with E-state index in [1.165, 1.54) is 10.9 Å². The zero-order valence-electron chi connectivity index (χ0n) is 11.2. The number of halogens is 1. The molecular weight excluding hydrogens is 328 g/mol. The molecule has 8 heteroatoms. The Labute approximate surface area is 123 Å². The summed E-state index contributed by atoms with van der Waals surface area (Å²) in [6, 6.07) is 1.68. The molecule has 0 aliphatic heterocycles. The molecule has 7 nitrogen and oxygen atoms in total. The monoisotopic (exact) mass is 340 g/mol. The van der Waals surface area contributed by atoms with Crippen LogP contribution in [0.5, 0.6) is 11.6 Å². The van der Waals surface area contributed by atoms with Gasteiger partial charge in [-0.25, -0.2) is 4.68 Å². The molecule has 0 radical (unpaired) electrons. The lowest BCUT2D eigenvalue weighted by Crippen LogP contribution is -1.98. The molecule has 0 amide bonds. The second kappa shape index (κ2) is 5.58. The Kier molecular flexibility index (Phi) is 4.03. The van der Waals surface area contributed by atoms with E-state index in [1.807, 2.05) is 13.8 Å². The number of aryl methyl sites for hydroxylation is 1. The number of nitro groups is 1. The van der Waals surface area contributed by atoms with Crippen LogP contribution >= 0.6 is 15.9 Å². The van der Waals surface area contributed by atoms with Gasteiger partial charge in [0, 0.05) is 23.6 Å². The summed E-state index contributed by atoms with van der Waals surface area (Å²) in [5.74, 6) is 0.430. The van der Waals surface area contributed by atoms with Crippen LogP contribution in [-0.2, 0) is 7.05 Å². The molecule has 0 bridgehead atoms. The summed E-state index contributed by atoms with van der Waals surface area (Å²) in [5.41, 5.74) is 0.290. The summed E-state index contributed by atoms with van der Waals surface area (Å²) in [5, 5.41) is 15.4. The Hall–Kier alpha value is -1.96. The Morgan fingerprint density at radius 3 is 2.70 bits per heavy atom. The standard InChI is InChI=1S/C12H13BrN4O3/c1-7(2)10-11(17(18)19)12(16(3)15-10)20-9-4-8(13)5-14-6-9/h4-7H,1-3H3. The van der Waals surface area contributed by atoms with Gasteiger partial charge >= 0.3 is 5.69 Å². The molecule has 0 saturated heterocycles. The van der Waals surface area contributed by atoms with Crippen molar-refractivity contribution in [3.63, 3.8) is 0 Å². The smallest absolute Gasteiger partial charge is 0.354 e. The van der Waals surface area contributed by atoms with Crippen molar-refractivity contribution in [2.24, 2.45) is 7.05 Å². The molecular formula is C12H13BrN4O3. The van der Waals surface area contributed by atoms with Crippen molar-refractivity contribution in [3.05, 3.63) is 38.7 Å². The van der Waals surface area contributed by atoms with Gasteiger partial charge in [-0.05, 0) is 22.0 Å². The molecule has 0 unspecified atom stereocenters. The van der Waals surface area contributed by atoms with Crippen molar-refractivity contribution >= 4 is 21.6 Å². The molecule has 2 aromatic rings. The van der Waals surface area contributed by atoms with Gasteiger partial charge in [0.25, 0.3) is 5.88 Å². The second-order valence-corrected chi connectivity index (χ2v) is 5.43. The average Bonchev–Trinajstić information content (AvgIpc) is 2.67. The summed E-state index contributed by atoms with van der Waals surface area (Å²) in [6.45, 7) is 3.69. The second-order valence-electron chi connectivity index (χ2n) is 4.52. The first kappa shape index (κ1) is 14.4. The fourth-order valence-electron chi connectivity index (χ4n) is 1.75. The van der Waals surface area contributed by atoms with E-state index in [0.717, 1.165) is 4.47 Å². The maximum Gasteiger partial charge on any atom is 0.354 e. The molecule has 0 aliphatic rings.